The highest BCUT2D eigenvalue weighted by Gasteiger charge is 2.34. The predicted octanol–water partition coefficient (Wildman–Crippen LogP) is 4.00. The van der Waals surface area contributed by atoms with Crippen molar-refractivity contribution >= 4 is 22.8 Å². The minimum atomic E-state index is -1.04. The van der Waals surface area contributed by atoms with Gasteiger partial charge >= 0.3 is 0 Å². The van der Waals surface area contributed by atoms with Crippen LogP contribution in [0.3, 0.4) is 0 Å². The van der Waals surface area contributed by atoms with Gasteiger partial charge in [-0.1, -0.05) is 61.7 Å². The quantitative estimate of drug-likeness (QED) is 0.533. The Balaban J connectivity index is 1.66. The summed E-state index contributed by atoms with van der Waals surface area (Å²) in [5.74, 6) is -1.13. The summed E-state index contributed by atoms with van der Waals surface area (Å²) in [6.45, 7) is 2.29. The molecule has 0 unspecified atom stereocenters. The molecule has 1 atom stereocenters. The summed E-state index contributed by atoms with van der Waals surface area (Å²) in [7, 11) is 0. The first-order valence-electron chi connectivity index (χ1n) is 11.7. The molecule has 7 nitrogen and oxygen atoms in total. The zero-order valence-corrected chi connectivity index (χ0v) is 18.9. The van der Waals surface area contributed by atoms with Crippen molar-refractivity contribution in [2.24, 2.45) is 0 Å². The molecule has 1 heterocycles. The Labute approximate surface area is 193 Å². The molecular formula is C25H30FN5O2. The number of halogens is 1. The first-order valence-corrected chi connectivity index (χ1v) is 11.7. The fourth-order valence-corrected chi connectivity index (χ4v) is 4.48. The Morgan fingerprint density at radius 2 is 1.88 bits per heavy atom. The number of nitrogens with zero attached hydrogens (tertiary/aromatic N) is 4. The van der Waals surface area contributed by atoms with E-state index in [0.717, 1.165) is 37.6 Å². The van der Waals surface area contributed by atoms with Crippen LogP contribution in [0.25, 0.3) is 11.0 Å². The van der Waals surface area contributed by atoms with E-state index in [2.05, 4.69) is 15.6 Å². The van der Waals surface area contributed by atoms with E-state index in [1.54, 1.807) is 18.2 Å². The highest BCUT2D eigenvalue weighted by atomic mass is 19.1. The van der Waals surface area contributed by atoms with E-state index in [1.165, 1.54) is 15.6 Å². The fourth-order valence-electron chi connectivity index (χ4n) is 4.48. The number of amides is 2. The lowest BCUT2D eigenvalue weighted by Crippen LogP contribution is -2.47. The minimum Gasteiger partial charge on any atom is -0.351 e. The number of carbonyl (C=O) groups excluding carboxylic acids is 2. The second-order valence-corrected chi connectivity index (χ2v) is 8.59. The Kier molecular flexibility index (Phi) is 7.32. The standard InChI is InChI=1S/C25H30FN5O2/c1-2-3-16-30(23(32)17-31-22-15-9-8-14-21(22)28-29-31)24(19-12-6-7-13-20(19)26)25(33)27-18-10-4-5-11-18/h6-9,12-15,18,24H,2-5,10-11,16-17H2,1H3,(H,27,33)/t24-/m1/s1. The molecule has 0 aliphatic heterocycles. The van der Waals surface area contributed by atoms with Gasteiger partial charge in [0.15, 0.2) is 0 Å². The van der Waals surface area contributed by atoms with Gasteiger partial charge in [0.2, 0.25) is 11.8 Å². The lowest BCUT2D eigenvalue weighted by atomic mass is 10.0. The number of nitrogens with one attached hydrogen (secondary N) is 1. The first-order chi connectivity index (χ1) is 16.1. The normalized spacial score (nSPS) is 15.0. The Hall–Kier alpha value is -3.29. The third-order valence-electron chi connectivity index (χ3n) is 6.24. The molecule has 4 rings (SSSR count). The average Bonchev–Trinajstić information content (AvgIpc) is 3.47. The van der Waals surface area contributed by atoms with Crippen molar-refractivity contribution in [1.29, 1.82) is 0 Å². The largest absolute Gasteiger partial charge is 0.351 e. The molecule has 1 aliphatic carbocycles. The number of hydrogen-bond acceptors (Lipinski definition) is 4. The first kappa shape index (κ1) is 22.9. The van der Waals surface area contributed by atoms with Gasteiger partial charge in [0.1, 0.15) is 23.9 Å². The van der Waals surface area contributed by atoms with Crippen molar-refractivity contribution in [3.8, 4) is 0 Å². The molecular weight excluding hydrogens is 421 g/mol. The predicted molar refractivity (Wildman–Crippen MR) is 124 cm³/mol. The summed E-state index contributed by atoms with van der Waals surface area (Å²) in [4.78, 5) is 28.5. The van der Waals surface area contributed by atoms with Crippen molar-refractivity contribution in [3.63, 3.8) is 0 Å². The van der Waals surface area contributed by atoms with Crippen LogP contribution in [-0.4, -0.2) is 44.3 Å². The van der Waals surface area contributed by atoms with Gasteiger partial charge in [-0.3, -0.25) is 9.59 Å². The molecule has 2 aromatic carbocycles. The van der Waals surface area contributed by atoms with Gasteiger partial charge in [0.25, 0.3) is 0 Å². The monoisotopic (exact) mass is 451 g/mol. The summed E-state index contributed by atoms with van der Waals surface area (Å²) in [6.07, 6.45) is 5.48. The van der Waals surface area contributed by atoms with Crippen molar-refractivity contribution in [1.82, 2.24) is 25.2 Å². The third-order valence-corrected chi connectivity index (χ3v) is 6.24. The number of para-hydroxylation sites is 1. The Morgan fingerprint density at radius 1 is 1.15 bits per heavy atom. The summed E-state index contributed by atoms with van der Waals surface area (Å²) in [5.41, 5.74) is 1.63. The zero-order valence-electron chi connectivity index (χ0n) is 18.9. The van der Waals surface area contributed by atoms with E-state index in [0.29, 0.717) is 18.5 Å². The van der Waals surface area contributed by atoms with Gasteiger partial charge in [-0.25, -0.2) is 9.07 Å². The van der Waals surface area contributed by atoms with Crippen LogP contribution >= 0.6 is 0 Å². The molecule has 0 radical (unpaired) electrons. The van der Waals surface area contributed by atoms with Crippen LogP contribution in [0.4, 0.5) is 4.39 Å². The van der Waals surface area contributed by atoms with Crippen LogP contribution in [0.2, 0.25) is 0 Å². The van der Waals surface area contributed by atoms with Crippen LogP contribution in [0, 0.1) is 5.82 Å². The van der Waals surface area contributed by atoms with E-state index in [9.17, 15) is 14.0 Å². The molecule has 1 aromatic heterocycles. The minimum absolute atomic E-state index is 0.0640. The molecule has 0 saturated heterocycles. The smallest absolute Gasteiger partial charge is 0.247 e. The molecule has 8 heteroatoms. The highest BCUT2D eigenvalue weighted by Crippen LogP contribution is 2.27. The zero-order chi connectivity index (χ0) is 23.2. The van der Waals surface area contributed by atoms with E-state index in [1.807, 2.05) is 31.2 Å². The topological polar surface area (TPSA) is 80.1 Å². The summed E-state index contributed by atoms with van der Waals surface area (Å²) >= 11 is 0. The van der Waals surface area contributed by atoms with Crippen LogP contribution in [-0.2, 0) is 16.1 Å². The van der Waals surface area contributed by atoms with E-state index >= 15 is 0 Å². The molecule has 174 valence electrons. The Bertz CT molecular complexity index is 1110. The van der Waals surface area contributed by atoms with Gasteiger partial charge in [-0.05, 0) is 37.5 Å². The second-order valence-electron chi connectivity index (χ2n) is 8.59. The second kappa shape index (κ2) is 10.6. The molecule has 3 aromatic rings. The summed E-state index contributed by atoms with van der Waals surface area (Å²) in [5, 5.41) is 11.3. The maximum atomic E-state index is 14.9. The van der Waals surface area contributed by atoms with Gasteiger partial charge in [-0.2, -0.15) is 0 Å². The number of rotatable bonds is 9. The number of unbranched alkanes of at least 4 members (excludes halogenated alkanes) is 1. The van der Waals surface area contributed by atoms with Crippen LogP contribution in [0.1, 0.15) is 57.1 Å². The van der Waals surface area contributed by atoms with Gasteiger partial charge < -0.3 is 10.2 Å². The van der Waals surface area contributed by atoms with Crippen LogP contribution in [0.5, 0.6) is 0 Å². The number of hydrogen-bond donors (Lipinski definition) is 1. The maximum Gasteiger partial charge on any atom is 0.247 e. The molecule has 0 bridgehead atoms. The third kappa shape index (κ3) is 5.21. The maximum absolute atomic E-state index is 14.9. The van der Waals surface area contributed by atoms with Gasteiger partial charge in [0.05, 0.1) is 5.52 Å². The van der Waals surface area contributed by atoms with E-state index < -0.39 is 11.9 Å². The molecule has 1 N–H and O–H groups in total. The molecule has 2 amide bonds. The van der Waals surface area contributed by atoms with Crippen LogP contribution < -0.4 is 5.32 Å². The van der Waals surface area contributed by atoms with Crippen LogP contribution in [0.15, 0.2) is 48.5 Å². The molecule has 1 saturated carbocycles. The summed E-state index contributed by atoms with van der Waals surface area (Å²) < 4.78 is 16.4. The number of fused-ring (bicyclic) bond motifs is 1. The van der Waals surface area contributed by atoms with Crippen molar-refractivity contribution in [2.45, 2.75) is 64.1 Å². The number of benzene rings is 2. The van der Waals surface area contributed by atoms with Crippen molar-refractivity contribution in [2.75, 3.05) is 6.54 Å². The SMILES string of the molecule is CCCCN(C(=O)Cn1nnc2ccccc21)[C@@H](C(=O)NC1CCCC1)c1ccccc1F. The van der Waals surface area contributed by atoms with Gasteiger partial charge in [-0.15, -0.1) is 5.10 Å². The average molecular weight is 452 g/mol. The lowest BCUT2D eigenvalue weighted by Gasteiger charge is -2.32. The van der Waals surface area contributed by atoms with Gasteiger partial charge in [0, 0.05) is 18.2 Å². The Morgan fingerprint density at radius 3 is 2.64 bits per heavy atom. The number of carbonyl (C=O) groups is 2. The van der Waals surface area contributed by atoms with E-state index in [4.69, 9.17) is 0 Å². The highest BCUT2D eigenvalue weighted by molar-refractivity contribution is 5.89. The number of aromatic nitrogens is 3. The van der Waals surface area contributed by atoms with Crippen molar-refractivity contribution in [3.05, 3.63) is 59.9 Å². The van der Waals surface area contributed by atoms with E-state index in [-0.39, 0.29) is 30.0 Å². The molecule has 1 fully saturated rings. The fraction of sp³-hybridized carbons (Fsp3) is 0.440. The lowest BCUT2D eigenvalue weighted by molar-refractivity contribution is -0.142. The van der Waals surface area contributed by atoms with Crippen molar-refractivity contribution < 1.29 is 14.0 Å². The molecule has 0 spiro atoms. The molecule has 33 heavy (non-hydrogen) atoms. The molecule has 1 aliphatic rings. The summed E-state index contributed by atoms with van der Waals surface area (Å²) in [6, 6.07) is 12.6.